The lowest BCUT2D eigenvalue weighted by atomic mass is 10.1. The first kappa shape index (κ1) is 19.8. The summed E-state index contributed by atoms with van der Waals surface area (Å²) in [7, 11) is 0. The summed E-state index contributed by atoms with van der Waals surface area (Å²) in [4.78, 5) is 26.8. The Balaban J connectivity index is 1.33. The zero-order valence-electron chi connectivity index (χ0n) is 16.1. The number of fused-ring (bicyclic) bond motifs is 1. The number of carbonyl (C=O) groups excluding carboxylic acids is 2. The second-order valence-corrected chi connectivity index (χ2v) is 7.83. The van der Waals surface area contributed by atoms with Crippen molar-refractivity contribution in [3.8, 4) is 0 Å². The van der Waals surface area contributed by atoms with Crippen LogP contribution in [0.1, 0.15) is 23.6 Å². The Morgan fingerprint density at radius 3 is 2.76 bits per heavy atom. The van der Waals surface area contributed by atoms with Gasteiger partial charge in [-0.15, -0.1) is 10.2 Å². The van der Waals surface area contributed by atoms with Gasteiger partial charge in [0.2, 0.25) is 11.8 Å². The van der Waals surface area contributed by atoms with Crippen LogP contribution in [0, 0.1) is 5.92 Å². The summed E-state index contributed by atoms with van der Waals surface area (Å²) < 4.78 is 7.28. The van der Waals surface area contributed by atoms with Gasteiger partial charge < -0.3 is 19.5 Å². The molecule has 0 saturated carbocycles. The Morgan fingerprint density at radius 1 is 1.17 bits per heavy atom. The number of carbonyl (C=O) groups is 2. The van der Waals surface area contributed by atoms with E-state index >= 15 is 0 Å². The molecule has 1 N–H and O–H groups in total. The number of amides is 2. The van der Waals surface area contributed by atoms with Crippen LogP contribution in [0.4, 0.5) is 0 Å². The number of ether oxygens (including phenoxy) is 1. The molecule has 0 spiro atoms. The largest absolute Gasteiger partial charge is 0.381 e. The number of nitrogens with one attached hydrogen (secondary N) is 1. The minimum Gasteiger partial charge on any atom is -0.381 e. The Labute approximate surface area is 174 Å². The molecular formula is C20H24ClN5O3. The van der Waals surface area contributed by atoms with Crippen LogP contribution in [-0.4, -0.2) is 57.8 Å². The SMILES string of the molecule is O=C(NCc1nnc2n1CCN(C(=O)Cc1ccc(Cl)cc1)CC2)C1CCOC1. The van der Waals surface area contributed by atoms with E-state index in [-0.39, 0.29) is 17.7 Å². The highest BCUT2D eigenvalue weighted by atomic mass is 35.5. The topological polar surface area (TPSA) is 89.4 Å². The van der Waals surface area contributed by atoms with Crippen molar-refractivity contribution in [3.63, 3.8) is 0 Å². The van der Waals surface area contributed by atoms with E-state index in [1.807, 2.05) is 21.6 Å². The molecule has 8 nitrogen and oxygen atoms in total. The van der Waals surface area contributed by atoms with Gasteiger partial charge in [-0.05, 0) is 24.1 Å². The molecule has 4 rings (SSSR count). The van der Waals surface area contributed by atoms with Gasteiger partial charge in [0.25, 0.3) is 0 Å². The maximum Gasteiger partial charge on any atom is 0.227 e. The maximum absolute atomic E-state index is 12.7. The number of benzene rings is 1. The lowest BCUT2D eigenvalue weighted by molar-refractivity contribution is -0.130. The number of nitrogens with zero attached hydrogens (tertiary/aromatic N) is 4. The molecule has 2 aliphatic rings. The third kappa shape index (κ3) is 4.76. The van der Waals surface area contributed by atoms with Crippen molar-refractivity contribution in [2.45, 2.75) is 32.4 Å². The van der Waals surface area contributed by atoms with Crippen LogP contribution in [0.5, 0.6) is 0 Å². The van der Waals surface area contributed by atoms with Crippen LogP contribution in [0.15, 0.2) is 24.3 Å². The van der Waals surface area contributed by atoms with Crippen LogP contribution in [0.2, 0.25) is 5.02 Å². The van der Waals surface area contributed by atoms with E-state index in [9.17, 15) is 9.59 Å². The van der Waals surface area contributed by atoms with Gasteiger partial charge in [-0.1, -0.05) is 23.7 Å². The number of hydrogen-bond donors (Lipinski definition) is 1. The highest BCUT2D eigenvalue weighted by Gasteiger charge is 2.25. The van der Waals surface area contributed by atoms with Gasteiger partial charge in [-0.25, -0.2) is 0 Å². The summed E-state index contributed by atoms with van der Waals surface area (Å²) in [6.07, 6.45) is 1.75. The summed E-state index contributed by atoms with van der Waals surface area (Å²) in [6.45, 7) is 3.27. The van der Waals surface area contributed by atoms with Crippen molar-refractivity contribution in [2.24, 2.45) is 5.92 Å². The second kappa shape index (κ2) is 8.92. The van der Waals surface area contributed by atoms with Crippen molar-refractivity contribution >= 4 is 23.4 Å². The van der Waals surface area contributed by atoms with E-state index in [4.69, 9.17) is 16.3 Å². The molecule has 1 atom stereocenters. The van der Waals surface area contributed by atoms with Gasteiger partial charge in [0.05, 0.1) is 25.5 Å². The fourth-order valence-corrected chi connectivity index (χ4v) is 3.83. The van der Waals surface area contributed by atoms with E-state index in [1.165, 1.54) is 0 Å². The van der Waals surface area contributed by atoms with E-state index in [2.05, 4.69) is 15.5 Å². The maximum atomic E-state index is 12.7. The highest BCUT2D eigenvalue weighted by molar-refractivity contribution is 6.30. The number of halogens is 1. The Kier molecular flexibility index (Phi) is 6.10. The molecule has 0 bridgehead atoms. The van der Waals surface area contributed by atoms with Crippen LogP contribution in [0.3, 0.4) is 0 Å². The van der Waals surface area contributed by atoms with Crippen LogP contribution >= 0.6 is 11.6 Å². The Bertz CT molecular complexity index is 877. The van der Waals surface area contributed by atoms with Gasteiger partial charge in [-0.2, -0.15) is 0 Å². The standard InChI is InChI=1S/C20H24ClN5O3/c21-16-3-1-14(2-4-16)11-19(27)25-7-5-17-23-24-18(26(17)9-8-25)12-22-20(28)15-6-10-29-13-15/h1-4,15H,5-13H2,(H,22,28). The zero-order valence-corrected chi connectivity index (χ0v) is 16.9. The van der Waals surface area contributed by atoms with Crippen molar-refractivity contribution in [1.82, 2.24) is 25.0 Å². The molecule has 0 radical (unpaired) electrons. The normalized spacial score (nSPS) is 18.9. The molecular weight excluding hydrogens is 394 g/mol. The van der Waals surface area contributed by atoms with Crippen molar-refractivity contribution in [1.29, 1.82) is 0 Å². The average Bonchev–Trinajstić information content (AvgIpc) is 3.34. The monoisotopic (exact) mass is 417 g/mol. The summed E-state index contributed by atoms with van der Waals surface area (Å²) >= 11 is 5.91. The lowest BCUT2D eigenvalue weighted by Crippen LogP contribution is -2.35. The average molecular weight is 418 g/mol. The molecule has 154 valence electrons. The number of aromatic nitrogens is 3. The van der Waals surface area contributed by atoms with Crippen molar-refractivity contribution in [2.75, 3.05) is 26.3 Å². The van der Waals surface area contributed by atoms with Crippen LogP contribution in [0.25, 0.3) is 0 Å². The first-order valence-corrected chi connectivity index (χ1v) is 10.3. The third-order valence-electron chi connectivity index (χ3n) is 5.45. The molecule has 1 unspecified atom stereocenters. The molecule has 1 saturated heterocycles. The van der Waals surface area contributed by atoms with E-state index < -0.39 is 0 Å². The van der Waals surface area contributed by atoms with Gasteiger partial charge >= 0.3 is 0 Å². The number of rotatable bonds is 5. The molecule has 2 amide bonds. The van der Waals surface area contributed by atoms with Crippen LogP contribution < -0.4 is 5.32 Å². The minimum absolute atomic E-state index is 0.00626. The molecule has 29 heavy (non-hydrogen) atoms. The van der Waals surface area contributed by atoms with Crippen molar-refractivity contribution < 1.29 is 14.3 Å². The summed E-state index contributed by atoms with van der Waals surface area (Å²) in [5.41, 5.74) is 0.947. The highest BCUT2D eigenvalue weighted by Crippen LogP contribution is 2.15. The van der Waals surface area contributed by atoms with Crippen LogP contribution in [-0.2, 0) is 40.3 Å². The summed E-state index contributed by atoms with van der Waals surface area (Å²) in [5.74, 6) is 1.57. The zero-order chi connectivity index (χ0) is 20.2. The minimum atomic E-state index is -0.0810. The predicted octanol–water partition coefficient (Wildman–Crippen LogP) is 1.21. The summed E-state index contributed by atoms with van der Waals surface area (Å²) in [5, 5.41) is 12.1. The smallest absolute Gasteiger partial charge is 0.227 e. The predicted molar refractivity (Wildman–Crippen MR) is 106 cm³/mol. The van der Waals surface area contributed by atoms with E-state index in [1.54, 1.807) is 12.1 Å². The number of hydrogen-bond acceptors (Lipinski definition) is 5. The Morgan fingerprint density at radius 2 is 2.00 bits per heavy atom. The molecule has 1 aromatic heterocycles. The molecule has 2 aliphatic heterocycles. The third-order valence-corrected chi connectivity index (χ3v) is 5.70. The van der Waals surface area contributed by atoms with E-state index in [0.717, 1.165) is 23.6 Å². The first-order chi connectivity index (χ1) is 14.1. The lowest BCUT2D eigenvalue weighted by Gasteiger charge is -2.20. The first-order valence-electron chi connectivity index (χ1n) is 9.89. The molecule has 9 heteroatoms. The van der Waals surface area contributed by atoms with E-state index in [0.29, 0.717) is 57.3 Å². The van der Waals surface area contributed by atoms with Crippen molar-refractivity contribution in [3.05, 3.63) is 46.5 Å². The summed E-state index contributed by atoms with van der Waals surface area (Å²) in [6, 6.07) is 7.35. The molecule has 0 aliphatic carbocycles. The van der Waals surface area contributed by atoms with Gasteiger partial charge in [0.15, 0.2) is 5.82 Å². The van der Waals surface area contributed by atoms with Gasteiger partial charge in [0, 0.05) is 37.7 Å². The van der Waals surface area contributed by atoms with Gasteiger partial charge in [0.1, 0.15) is 5.82 Å². The fourth-order valence-electron chi connectivity index (χ4n) is 3.70. The Hall–Kier alpha value is -2.45. The second-order valence-electron chi connectivity index (χ2n) is 7.40. The quantitative estimate of drug-likeness (QED) is 0.789. The molecule has 3 heterocycles. The molecule has 2 aromatic rings. The van der Waals surface area contributed by atoms with Gasteiger partial charge in [-0.3, -0.25) is 9.59 Å². The molecule has 1 fully saturated rings. The fraction of sp³-hybridized carbons (Fsp3) is 0.500. The molecule has 1 aromatic carbocycles.